The number of ether oxygens (including phenoxy) is 2. The lowest BCUT2D eigenvalue weighted by Gasteiger charge is -2.40. The van der Waals surface area contributed by atoms with E-state index in [1.165, 1.54) is 18.4 Å². The van der Waals surface area contributed by atoms with Crippen molar-refractivity contribution in [3.63, 3.8) is 0 Å². The van der Waals surface area contributed by atoms with Crippen LogP contribution in [0, 0.1) is 0 Å². The molecule has 3 aliphatic heterocycles. The number of benzene rings is 1. The Bertz CT molecular complexity index is 974. The summed E-state index contributed by atoms with van der Waals surface area (Å²) in [4.78, 5) is 20.8. The van der Waals surface area contributed by atoms with Gasteiger partial charge in [-0.15, -0.1) is 37.2 Å². The van der Waals surface area contributed by atoms with Gasteiger partial charge in [0.25, 0.3) is 5.56 Å². The van der Waals surface area contributed by atoms with Crippen LogP contribution in [0.15, 0.2) is 16.9 Å². The molecule has 2 N–H and O–H groups in total. The molecule has 0 radical (unpaired) electrons. The van der Waals surface area contributed by atoms with Gasteiger partial charge in [-0.1, -0.05) is 0 Å². The molecule has 1 aromatic carbocycles. The molecule has 2 fully saturated rings. The molecule has 0 amide bonds. The zero-order chi connectivity index (χ0) is 20.5. The van der Waals surface area contributed by atoms with Crippen LogP contribution < -0.4 is 15.6 Å². The Balaban J connectivity index is 0.00000128. The van der Waals surface area contributed by atoms with Crippen LogP contribution in [0.1, 0.15) is 30.4 Å². The molecule has 0 atom stereocenters. The Hall–Kier alpha value is -1.22. The third-order valence-electron chi connectivity index (χ3n) is 6.89. The Kier molecular flexibility index (Phi) is 10.6. The van der Waals surface area contributed by atoms with E-state index >= 15 is 0 Å². The number of anilines is 1. The molecule has 2 saturated heterocycles. The molecule has 5 rings (SSSR count). The number of piperidine rings is 1. The zero-order valence-corrected chi connectivity index (χ0v) is 21.5. The number of fused-ring (bicyclic) bond motifs is 3. The van der Waals surface area contributed by atoms with Gasteiger partial charge >= 0.3 is 0 Å². The van der Waals surface area contributed by atoms with E-state index in [0.717, 1.165) is 93.2 Å². The number of nitrogens with zero attached hydrogens (tertiary/aromatic N) is 2. The first kappa shape index (κ1) is 28.0. The molecule has 0 bridgehead atoms. The average molecular weight is 522 g/mol. The molecule has 7 nitrogen and oxygen atoms in total. The van der Waals surface area contributed by atoms with Crippen LogP contribution in [-0.4, -0.2) is 73.9 Å². The number of pyridine rings is 1. The number of rotatable bonds is 4. The fourth-order valence-corrected chi connectivity index (χ4v) is 5.30. The summed E-state index contributed by atoms with van der Waals surface area (Å²) in [6.45, 7) is 7.86. The van der Waals surface area contributed by atoms with Crippen molar-refractivity contribution in [2.24, 2.45) is 0 Å². The number of aromatic amines is 1. The standard InChI is InChI=1S/C23H32N4O3.3ClH/c1-29-20-14-16(13-19-21(20)22-18(23(28)25-19)3-2-6-24-22)15-26-7-4-17(5-8-26)27-9-11-30-12-10-27;;;/h13-14,17,24H,2-12,15H2,1H3,(H,25,28);3*1H. The Labute approximate surface area is 213 Å². The van der Waals surface area contributed by atoms with Crippen molar-refractivity contribution in [2.75, 3.05) is 58.4 Å². The molecular weight excluding hydrogens is 487 g/mol. The Morgan fingerprint density at radius 1 is 1.09 bits per heavy atom. The van der Waals surface area contributed by atoms with Crippen LogP contribution in [0.4, 0.5) is 5.69 Å². The summed E-state index contributed by atoms with van der Waals surface area (Å²) in [5.41, 5.74) is 3.89. The zero-order valence-electron chi connectivity index (χ0n) is 19.1. The van der Waals surface area contributed by atoms with Crippen molar-refractivity contribution in [3.8, 4) is 5.75 Å². The highest BCUT2D eigenvalue weighted by molar-refractivity contribution is 5.98. The second-order valence-electron chi connectivity index (χ2n) is 8.71. The quantitative estimate of drug-likeness (QED) is 0.642. The van der Waals surface area contributed by atoms with E-state index in [4.69, 9.17) is 9.47 Å². The summed E-state index contributed by atoms with van der Waals surface area (Å²) in [5.74, 6) is 0.840. The fraction of sp³-hybridized carbons (Fsp3) is 0.609. The van der Waals surface area contributed by atoms with Crippen molar-refractivity contribution < 1.29 is 9.47 Å². The van der Waals surface area contributed by atoms with Gasteiger partial charge in [0, 0.05) is 37.8 Å². The fourth-order valence-electron chi connectivity index (χ4n) is 5.30. The number of methoxy groups -OCH3 is 1. The van der Waals surface area contributed by atoms with E-state index in [1.807, 2.05) is 0 Å². The van der Waals surface area contributed by atoms with Gasteiger partial charge in [-0.3, -0.25) is 14.6 Å². The minimum Gasteiger partial charge on any atom is -0.496 e. The summed E-state index contributed by atoms with van der Waals surface area (Å²) in [7, 11) is 1.71. The number of aromatic nitrogens is 1. The van der Waals surface area contributed by atoms with E-state index in [2.05, 4.69) is 32.2 Å². The third-order valence-corrected chi connectivity index (χ3v) is 6.89. The summed E-state index contributed by atoms with van der Waals surface area (Å²) in [5, 5.41) is 4.44. The lowest BCUT2D eigenvalue weighted by atomic mass is 9.99. The first-order valence-corrected chi connectivity index (χ1v) is 11.3. The molecule has 0 aliphatic carbocycles. The number of hydrogen-bond acceptors (Lipinski definition) is 6. The lowest BCUT2D eigenvalue weighted by Crippen LogP contribution is -2.48. The number of nitrogens with one attached hydrogen (secondary N) is 2. The van der Waals surface area contributed by atoms with Gasteiger partial charge in [0.1, 0.15) is 5.75 Å². The number of halogens is 3. The molecule has 4 heterocycles. The summed E-state index contributed by atoms with van der Waals surface area (Å²) < 4.78 is 11.3. The minimum atomic E-state index is 0. The van der Waals surface area contributed by atoms with Crippen LogP contribution in [0.5, 0.6) is 5.75 Å². The molecule has 10 heteroatoms. The summed E-state index contributed by atoms with van der Waals surface area (Å²) in [6, 6.07) is 4.96. The van der Waals surface area contributed by atoms with Gasteiger partial charge in [0.05, 0.1) is 36.9 Å². The molecule has 33 heavy (non-hydrogen) atoms. The molecule has 0 saturated carbocycles. The summed E-state index contributed by atoms with van der Waals surface area (Å²) in [6.07, 6.45) is 4.22. The van der Waals surface area contributed by atoms with E-state index in [0.29, 0.717) is 6.04 Å². The maximum absolute atomic E-state index is 12.6. The maximum Gasteiger partial charge on any atom is 0.253 e. The van der Waals surface area contributed by atoms with E-state index < -0.39 is 0 Å². The molecule has 0 unspecified atom stereocenters. The first-order valence-electron chi connectivity index (χ1n) is 11.3. The highest BCUT2D eigenvalue weighted by Crippen LogP contribution is 2.36. The van der Waals surface area contributed by atoms with Crippen molar-refractivity contribution >= 4 is 53.8 Å². The van der Waals surface area contributed by atoms with Crippen LogP contribution in [-0.2, 0) is 17.7 Å². The Morgan fingerprint density at radius 2 is 1.82 bits per heavy atom. The van der Waals surface area contributed by atoms with Gasteiger partial charge in [-0.05, 0) is 56.5 Å². The monoisotopic (exact) mass is 520 g/mol. The van der Waals surface area contributed by atoms with Crippen molar-refractivity contribution in [2.45, 2.75) is 38.3 Å². The topological polar surface area (TPSA) is 69.8 Å². The number of likely N-dealkylation sites (tertiary alicyclic amines) is 1. The maximum atomic E-state index is 12.6. The van der Waals surface area contributed by atoms with Gasteiger partial charge in [-0.25, -0.2) is 0 Å². The van der Waals surface area contributed by atoms with Gasteiger partial charge in [0.15, 0.2) is 0 Å². The second-order valence-corrected chi connectivity index (χ2v) is 8.71. The van der Waals surface area contributed by atoms with Crippen LogP contribution in [0.25, 0.3) is 10.9 Å². The van der Waals surface area contributed by atoms with Crippen molar-refractivity contribution in [1.29, 1.82) is 0 Å². The smallest absolute Gasteiger partial charge is 0.253 e. The average Bonchev–Trinajstić information content (AvgIpc) is 2.80. The highest BCUT2D eigenvalue weighted by Gasteiger charge is 2.26. The number of H-pyrrole nitrogens is 1. The van der Waals surface area contributed by atoms with Crippen molar-refractivity contribution in [3.05, 3.63) is 33.6 Å². The predicted molar refractivity (Wildman–Crippen MR) is 140 cm³/mol. The molecule has 2 aromatic rings. The summed E-state index contributed by atoms with van der Waals surface area (Å²) >= 11 is 0. The molecular formula is C23H35Cl3N4O3. The lowest BCUT2D eigenvalue weighted by molar-refractivity contribution is 0.000230. The first-order chi connectivity index (χ1) is 14.7. The highest BCUT2D eigenvalue weighted by atomic mass is 35.5. The van der Waals surface area contributed by atoms with Gasteiger partial charge in [0.2, 0.25) is 0 Å². The van der Waals surface area contributed by atoms with Crippen molar-refractivity contribution in [1.82, 2.24) is 14.8 Å². The number of hydrogen-bond donors (Lipinski definition) is 2. The predicted octanol–water partition coefficient (Wildman–Crippen LogP) is 3.46. The second kappa shape index (κ2) is 12.5. The van der Waals surface area contributed by atoms with E-state index in [1.54, 1.807) is 7.11 Å². The SMILES string of the molecule is COc1cc(CN2CCC(N3CCOCC3)CC2)cc2[nH]c(=O)c3c(c12)NCCC3.Cl.Cl.Cl. The molecule has 3 aliphatic rings. The number of morpholine rings is 1. The van der Waals surface area contributed by atoms with Gasteiger partial charge in [-0.2, -0.15) is 0 Å². The van der Waals surface area contributed by atoms with Crippen LogP contribution in [0.3, 0.4) is 0 Å². The van der Waals surface area contributed by atoms with Crippen LogP contribution in [0.2, 0.25) is 0 Å². The van der Waals surface area contributed by atoms with Gasteiger partial charge < -0.3 is 19.8 Å². The van der Waals surface area contributed by atoms with E-state index in [9.17, 15) is 4.79 Å². The molecule has 1 aromatic heterocycles. The third kappa shape index (κ3) is 5.89. The normalized spacial score (nSPS) is 19.4. The largest absolute Gasteiger partial charge is 0.496 e. The minimum absolute atomic E-state index is 0. The Morgan fingerprint density at radius 3 is 2.52 bits per heavy atom. The van der Waals surface area contributed by atoms with E-state index in [-0.39, 0.29) is 42.8 Å². The molecule has 186 valence electrons. The molecule has 0 spiro atoms. The van der Waals surface area contributed by atoms with Crippen LogP contribution >= 0.6 is 37.2 Å².